The van der Waals surface area contributed by atoms with Gasteiger partial charge in [0.15, 0.2) is 0 Å². The van der Waals surface area contributed by atoms with Crippen LogP contribution in [0, 0.1) is 12.8 Å². The maximum Gasteiger partial charge on any atom is 0.253 e. The van der Waals surface area contributed by atoms with Crippen LogP contribution < -0.4 is 10.6 Å². The normalized spacial score (nSPS) is 15.6. The number of amides is 3. The van der Waals surface area contributed by atoms with Crippen LogP contribution in [-0.2, 0) is 0 Å². The molecule has 8 heteroatoms. The number of hydrogen-bond acceptors (Lipinski definition) is 5. The minimum atomic E-state index is -0.175. The van der Waals surface area contributed by atoms with Crippen LogP contribution in [0.4, 0.5) is 5.69 Å². The van der Waals surface area contributed by atoms with Crippen molar-refractivity contribution in [2.45, 2.75) is 78.7 Å². The van der Waals surface area contributed by atoms with E-state index in [1.54, 1.807) is 6.07 Å². The Morgan fingerprint density at radius 3 is 2.45 bits per heavy atom. The number of hydrogen-bond donors (Lipinski definition) is 3. The second-order valence-corrected chi connectivity index (χ2v) is 11.5. The van der Waals surface area contributed by atoms with Crippen molar-refractivity contribution in [2.75, 3.05) is 44.6 Å². The summed E-state index contributed by atoms with van der Waals surface area (Å²) < 4.78 is 0. The van der Waals surface area contributed by atoms with Crippen LogP contribution in [0.1, 0.15) is 102 Å². The number of likely N-dealkylation sites (tertiary alicyclic amines) is 1. The van der Waals surface area contributed by atoms with E-state index in [-0.39, 0.29) is 30.4 Å². The topological polar surface area (TPSA) is 102 Å². The number of aliphatic hydroxyl groups is 1. The van der Waals surface area contributed by atoms with Gasteiger partial charge < -0.3 is 25.5 Å². The first-order valence-corrected chi connectivity index (χ1v) is 15.7. The smallest absolute Gasteiger partial charge is 0.253 e. The number of rotatable bonds is 15. The molecule has 0 aromatic heterocycles. The lowest BCUT2D eigenvalue weighted by molar-refractivity contribution is 0.0653. The van der Waals surface area contributed by atoms with Crippen molar-refractivity contribution in [3.8, 4) is 0 Å². The fourth-order valence-electron chi connectivity index (χ4n) is 5.73. The fraction of sp³-hybridized carbons (Fsp3) is 0.559. The van der Waals surface area contributed by atoms with E-state index < -0.39 is 0 Å². The molecule has 1 aliphatic rings. The summed E-state index contributed by atoms with van der Waals surface area (Å²) in [5, 5.41) is 15.8. The zero-order chi connectivity index (χ0) is 30.5. The van der Waals surface area contributed by atoms with Crippen LogP contribution in [0.25, 0.3) is 0 Å². The Kier molecular flexibility index (Phi) is 13.3. The molecular formula is C34H50N4O4. The van der Waals surface area contributed by atoms with Crippen LogP contribution in [-0.4, -0.2) is 78.0 Å². The van der Waals surface area contributed by atoms with Gasteiger partial charge in [0.25, 0.3) is 17.7 Å². The maximum absolute atomic E-state index is 13.2. The van der Waals surface area contributed by atoms with Gasteiger partial charge in [0.05, 0.1) is 0 Å². The predicted octanol–water partition coefficient (Wildman–Crippen LogP) is 5.50. The zero-order valence-electron chi connectivity index (χ0n) is 26.0. The average Bonchev–Trinajstić information content (AvgIpc) is 2.99. The molecule has 1 saturated heterocycles. The van der Waals surface area contributed by atoms with Crippen molar-refractivity contribution in [2.24, 2.45) is 5.92 Å². The van der Waals surface area contributed by atoms with Gasteiger partial charge >= 0.3 is 0 Å². The van der Waals surface area contributed by atoms with Gasteiger partial charge in [-0.2, -0.15) is 0 Å². The lowest BCUT2D eigenvalue weighted by Gasteiger charge is -2.32. The standard InChI is InChI=1S/C34H50N4O4/c1-5-16-37(17-6-2)34(42)29-21-25(4)20-28(22-29)32(40)36-30(7-3)13-15-35-31-12-8-11-27(23-31)33(41)38-18-9-10-26(24-38)14-19-39/h8,11-12,20-23,26,30,35,39H,5-7,9-10,13-19,24H2,1-4H3,(H,36,40)/t26?,30-/m0/s1. The Balaban J connectivity index is 1.57. The average molecular weight is 579 g/mol. The van der Waals surface area contributed by atoms with Gasteiger partial charge in [0.2, 0.25) is 0 Å². The number of piperidine rings is 1. The SMILES string of the molecule is CCCN(CCC)C(=O)c1cc(C)cc(C(=O)N[C@@H](CC)CCNc2cccc(C(=O)N3CCCC(CCO)C3)c2)c1. The Hall–Kier alpha value is -3.39. The second kappa shape index (κ2) is 16.9. The lowest BCUT2D eigenvalue weighted by atomic mass is 9.94. The molecule has 230 valence electrons. The third-order valence-corrected chi connectivity index (χ3v) is 7.96. The Labute approximate surface area is 251 Å². The van der Waals surface area contributed by atoms with Crippen LogP contribution in [0.2, 0.25) is 0 Å². The molecule has 42 heavy (non-hydrogen) atoms. The van der Waals surface area contributed by atoms with Crippen molar-refractivity contribution in [3.05, 3.63) is 64.7 Å². The van der Waals surface area contributed by atoms with Gasteiger partial charge in [-0.1, -0.05) is 26.8 Å². The van der Waals surface area contributed by atoms with E-state index >= 15 is 0 Å². The van der Waals surface area contributed by atoms with Crippen LogP contribution in [0.3, 0.4) is 0 Å². The third-order valence-electron chi connectivity index (χ3n) is 7.96. The van der Waals surface area contributed by atoms with Crippen molar-refractivity contribution < 1.29 is 19.5 Å². The van der Waals surface area contributed by atoms with Crippen molar-refractivity contribution in [1.82, 2.24) is 15.1 Å². The highest BCUT2D eigenvalue weighted by molar-refractivity contribution is 6.00. The molecule has 0 bridgehead atoms. The summed E-state index contributed by atoms with van der Waals surface area (Å²) >= 11 is 0. The molecule has 2 atom stereocenters. The van der Waals surface area contributed by atoms with Crippen molar-refractivity contribution >= 4 is 23.4 Å². The van der Waals surface area contributed by atoms with Crippen LogP contribution >= 0.6 is 0 Å². The Morgan fingerprint density at radius 1 is 1.02 bits per heavy atom. The van der Waals surface area contributed by atoms with E-state index in [0.29, 0.717) is 55.2 Å². The molecule has 0 spiro atoms. The quantitative estimate of drug-likeness (QED) is 0.259. The first-order valence-electron chi connectivity index (χ1n) is 15.7. The molecule has 1 heterocycles. The summed E-state index contributed by atoms with van der Waals surface area (Å²) in [6, 6.07) is 12.9. The highest BCUT2D eigenvalue weighted by Crippen LogP contribution is 2.22. The molecule has 1 aliphatic heterocycles. The first kappa shape index (κ1) is 33.1. The molecule has 0 saturated carbocycles. The fourth-order valence-corrected chi connectivity index (χ4v) is 5.73. The molecular weight excluding hydrogens is 528 g/mol. The van der Waals surface area contributed by atoms with Gasteiger partial charge in [0.1, 0.15) is 0 Å². The molecule has 1 fully saturated rings. The summed E-state index contributed by atoms with van der Waals surface area (Å²) in [5.41, 5.74) is 3.47. The van der Waals surface area contributed by atoms with Gasteiger partial charge in [0, 0.05) is 67.8 Å². The number of aryl methyl sites for hydroxylation is 1. The number of anilines is 1. The van der Waals surface area contributed by atoms with E-state index in [9.17, 15) is 19.5 Å². The minimum Gasteiger partial charge on any atom is -0.396 e. The van der Waals surface area contributed by atoms with Crippen molar-refractivity contribution in [3.63, 3.8) is 0 Å². The van der Waals surface area contributed by atoms with E-state index in [2.05, 4.69) is 24.5 Å². The van der Waals surface area contributed by atoms with Crippen LogP contribution in [0.5, 0.6) is 0 Å². The summed E-state index contributed by atoms with van der Waals surface area (Å²) in [4.78, 5) is 43.3. The van der Waals surface area contributed by atoms with Gasteiger partial charge in [-0.25, -0.2) is 0 Å². The minimum absolute atomic E-state index is 0.0290. The van der Waals surface area contributed by atoms with Gasteiger partial charge in [-0.05, 0) is 99.7 Å². The molecule has 3 rings (SSSR count). The van der Waals surface area contributed by atoms with E-state index in [1.165, 1.54) is 0 Å². The predicted molar refractivity (Wildman–Crippen MR) is 169 cm³/mol. The molecule has 8 nitrogen and oxygen atoms in total. The second-order valence-electron chi connectivity index (χ2n) is 11.5. The zero-order valence-corrected chi connectivity index (χ0v) is 26.0. The summed E-state index contributed by atoms with van der Waals surface area (Å²) in [5.74, 6) is 0.187. The number of nitrogens with zero attached hydrogens (tertiary/aromatic N) is 2. The van der Waals surface area contributed by atoms with Crippen LogP contribution in [0.15, 0.2) is 42.5 Å². The molecule has 0 aliphatic carbocycles. The number of carbonyl (C=O) groups excluding carboxylic acids is 3. The van der Waals surface area contributed by atoms with Gasteiger partial charge in [-0.3, -0.25) is 14.4 Å². The molecule has 3 N–H and O–H groups in total. The monoisotopic (exact) mass is 578 g/mol. The Bertz CT molecular complexity index is 1180. The molecule has 1 unspecified atom stereocenters. The van der Waals surface area contributed by atoms with E-state index in [0.717, 1.165) is 56.3 Å². The largest absolute Gasteiger partial charge is 0.396 e. The number of benzene rings is 2. The summed E-state index contributed by atoms with van der Waals surface area (Å²) in [7, 11) is 0. The molecule has 2 aromatic carbocycles. The van der Waals surface area contributed by atoms with Gasteiger partial charge in [-0.15, -0.1) is 0 Å². The number of aliphatic hydroxyl groups excluding tert-OH is 1. The maximum atomic E-state index is 13.2. The summed E-state index contributed by atoms with van der Waals surface area (Å²) in [6.07, 6.45) is 6.03. The van der Waals surface area contributed by atoms with E-state index in [1.807, 2.05) is 60.0 Å². The highest BCUT2D eigenvalue weighted by atomic mass is 16.3. The summed E-state index contributed by atoms with van der Waals surface area (Å²) in [6.45, 7) is 11.7. The van der Waals surface area contributed by atoms with Crippen molar-refractivity contribution in [1.29, 1.82) is 0 Å². The lowest BCUT2D eigenvalue weighted by Crippen LogP contribution is -2.40. The number of carbonyl (C=O) groups is 3. The molecule has 2 aromatic rings. The Morgan fingerprint density at radius 2 is 1.76 bits per heavy atom. The highest BCUT2D eigenvalue weighted by Gasteiger charge is 2.24. The number of nitrogens with one attached hydrogen (secondary N) is 2. The molecule has 3 amide bonds. The third kappa shape index (κ3) is 9.58. The first-order chi connectivity index (χ1) is 20.3. The van der Waals surface area contributed by atoms with E-state index in [4.69, 9.17) is 0 Å². The molecule has 0 radical (unpaired) electrons.